The third kappa shape index (κ3) is 4.91. The highest BCUT2D eigenvalue weighted by molar-refractivity contribution is 7.89. The number of methoxy groups -OCH3 is 1. The molecule has 124 valence electrons. The van der Waals surface area contributed by atoms with Crippen LogP contribution in [0.3, 0.4) is 0 Å². The van der Waals surface area contributed by atoms with E-state index in [2.05, 4.69) is 5.32 Å². The minimum absolute atomic E-state index is 0.0492. The lowest BCUT2D eigenvalue weighted by Crippen LogP contribution is -2.50. The van der Waals surface area contributed by atoms with Gasteiger partial charge in [0.25, 0.3) is 0 Å². The molecule has 2 atom stereocenters. The summed E-state index contributed by atoms with van der Waals surface area (Å²) in [5.74, 6) is -0.490. The average Bonchev–Trinajstić information content (AvgIpc) is 2.52. The van der Waals surface area contributed by atoms with Crippen LogP contribution >= 0.6 is 0 Å². The van der Waals surface area contributed by atoms with Crippen LogP contribution in [0.4, 0.5) is 0 Å². The van der Waals surface area contributed by atoms with Crippen LogP contribution in [0.1, 0.15) is 26.7 Å². The van der Waals surface area contributed by atoms with Crippen molar-refractivity contribution in [1.82, 2.24) is 9.62 Å². The van der Waals surface area contributed by atoms with Crippen LogP contribution in [0.2, 0.25) is 0 Å². The first-order valence-electron chi connectivity index (χ1n) is 7.19. The zero-order valence-electron chi connectivity index (χ0n) is 13.0. The molecular weight excluding hydrogens is 296 g/mol. The summed E-state index contributed by atoms with van der Waals surface area (Å²) in [6, 6.07) is 0. The largest absolute Gasteiger partial charge is 0.393 e. The number of hydrogen-bond donors (Lipinski definition) is 2. The Kier molecular flexibility index (Phi) is 6.58. The van der Waals surface area contributed by atoms with Gasteiger partial charge in [0.2, 0.25) is 15.9 Å². The maximum absolute atomic E-state index is 12.2. The van der Waals surface area contributed by atoms with Crippen molar-refractivity contribution in [1.29, 1.82) is 0 Å². The van der Waals surface area contributed by atoms with Crippen LogP contribution in [-0.2, 0) is 19.6 Å². The predicted octanol–water partition coefficient (Wildman–Crippen LogP) is -0.438. The fourth-order valence-electron chi connectivity index (χ4n) is 2.20. The fourth-order valence-corrected chi connectivity index (χ4v) is 3.38. The molecule has 1 saturated heterocycles. The van der Waals surface area contributed by atoms with Crippen LogP contribution in [0.15, 0.2) is 0 Å². The molecule has 2 N–H and O–H groups in total. The van der Waals surface area contributed by atoms with Crippen LogP contribution < -0.4 is 5.32 Å². The van der Waals surface area contributed by atoms with E-state index in [0.717, 1.165) is 0 Å². The van der Waals surface area contributed by atoms with E-state index in [0.29, 0.717) is 19.4 Å². The average molecular weight is 322 g/mol. The molecule has 0 aromatic rings. The number of aliphatic hydroxyl groups excluding tert-OH is 1. The first kappa shape index (κ1) is 18.3. The SMILES string of the molecule is CCS(=O)(=O)N1CCCC(C(=O)NCC(C)(CO)OC)C1. The second-order valence-corrected chi connectivity index (χ2v) is 7.89. The van der Waals surface area contributed by atoms with Crippen molar-refractivity contribution in [3.05, 3.63) is 0 Å². The molecule has 0 aromatic heterocycles. The topological polar surface area (TPSA) is 95.9 Å². The lowest BCUT2D eigenvalue weighted by atomic mass is 9.98. The van der Waals surface area contributed by atoms with Crippen LogP contribution in [-0.4, -0.2) is 68.4 Å². The molecule has 1 aliphatic heterocycles. The van der Waals surface area contributed by atoms with Gasteiger partial charge in [0.05, 0.1) is 18.3 Å². The van der Waals surface area contributed by atoms with Gasteiger partial charge >= 0.3 is 0 Å². The quantitative estimate of drug-likeness (QED) is 0.662. The Bertz CT molecular complexity index is 447. The number of carbonyl (C=O) groups excluding carboxylic acids is 1. The predicted molar refractivity (Wildman–Crippen MR) is 79.3 cm³/mol. The molecule has 1 aliphatic rings. The minimum atomic E-state index is -3.25. The van der Waals surface area contributed by atoms with Crippen molar-refractivity contribution in [3.63, 3.8) is 0 Å². The van der Waals surface area contributed by atoms with Gasteiger partial charge in [0, 0.05) is 26.7 Å². The number of piperidine rings is 1. The van der Waals surface area contributed by atoms with E-state index in [1.54, 1.807) is 13.8 Å². The van der Waals surface area contributed by atoms with Gasteiger partial charge in [-0.3, -0.25) is 4.79 Å². The van der Waals surface area contributed by atoms with E-state index in [4.69, 9.17) is 4.74 Å². The van der Waals surface area contributed by atoms with Gasteiger partial charge in [0.1, 0.15) is 5.60 Å². The van der Waals surface area contributed by atoms with E-state index < -0.39 is 15.6 Å². The number of nitrogens with zero attached hydrogens (tertiary/aromatic N) is 1. The molecule has 8 heteroatoms. The highest BCUT2D eigenvalue weighted by atomic mass is 32.2. The van der Waals surface area contributed by atoms with E-state index in [-0.39, 0.29) is 37.3 Å². The number of rotatable bonds is 7. The first-order valence-corrected chi connectivity index (χ1v) is 8.80. The van der Waals surface area contributed by atoms with Gasteiger partial charge in [-0.15, -0.1) is 0 Å². The van der Waals surface area contributed by atoms with Crippen molar-refractivity contribution in [2.45, 2.75) is 32.3 Å². The fraction of sp³-hybridized carbons (Fsp3) is 0.923. The number of amides is 1. The number of hydrogen-bond acceptors (Lipinski definition) is 5. The summed E-state index contributed by atoms with van der Waals surface area (Å²) in [5, 5.41) is 12.0. The molecule has 2 unspecified atom stereocenters. The molecule has 0 bridgehead atoms. The van der Waals surface area contributed by atoms with E-state index in [1.165, 1.54) is 11.4 Å². The van der Waals surface area contributed by atoms with Crippen LogP contribution in [0.25, 0.3) is 0 Å². The Morgan fingerprint density at radius 3 is 2.71 bits per heavy atom. The lowest BCUT2D eigenvalue weighted by molar-refractivity contribution is -0.128. The Balaban J connectivity index is 2.59. The molecule has 1 heterocycles. The minimum Gasteiger partial charge on any atom is -0.393 e. The Morgan fingerprint density at radius 2 is 2.19 bits per heavy atom. The Labute approximate surface area is 126 Å². The summed E-state index contributed by atoms with van der Waals surface area (Å²) in [6.45, 7) is 3.99. The Hall–Kier alpha value is -0.700. The lowest BCUT2D eigenvalue weighted by Gasteiger charge is -2.32. The molecule has 0 spiro atoms. The number of aliphatic hydroxyl groups is 1. The van der Waals surface area contributed by atoms with Crippen LogP contribution in [0.5, 0.6) is 0 Å². The van der Waals surface area contributed by atoms with Gasteiger partial charge < -0.3 is 15.2 Å². The molecular formula is C13H26N2O5S. The molecule has 0 aromatic carbocycles. The summed E-state index contributed by atoms with van der Waals surface area (Å²) < 4.78 is 30.3. The zero-order valence-corrected chi connectivity index (χ0v) is 13.8. The maximum Gasteiger partial charge on any atom is 0.224 e. The second-order valence-electron chi connectivity index (χ2n) is 5.63. The second kappa shape index (κ2) is 7.53. The highest BCUT2D eigenvalue weighted by Crippen LogP contribution is 2.20. The van der Waals surface area contributed by atoms with Crippen molar-refractivity contribution in [2.75, 3.05) is 39.1 Å². The van der Waals surface area contributed by atoms with Gasteiger partial charge in [0.15, 0.2) is 0 Å². The van der Waals surface area contributed by atoms with Crippen LogP contribution in [0, 0.1) is 5.92 Å². The van der Waals surface area contributed by atoms with Crippen molar-refractivity contribution in [3.8, 4) is 0 Å². The number of carbonyl (C=O) groups is 1. The first-order chi connectivity index (χ1) is 9.78. The monoisotopic (exact) mass is 322 g/mol. The van der Waals surface area contributed by atoms with E-state index in [9.17, 15) is 18.3 Å². The van der Waals surface area contributed by atoms with Crippen molar-refractivity contribution >= 4 is 15.9 Å². The number of ether oxygens (including phenoxy) is 1. The smallest absolute Gasteiger partial charge is 0.224 e. The third-order valence-electron chi connectivity index (χ3n) is 3.98. The highest BCUT2D eigenvalue weighted by Gasteiger charge is 2.32. The molecule has 1 amide bonds. The molecule has 21 heavy (non-hydrogen) atoms. The molecule has 0 aliphatic carbocycles. The van der Waals surface area contributed by atoms with Gasteiger partial charge in [-0.05, 0) is 26.7 Å². The van der Waals surface area contributed by atoms with E-state index in [1.807, 2.05) is 0 Å². The summed E-state index contributed by atoms with van der Waals surface area (Å²) in [7, 11) is -1.78. The molecule has 7 nitrogen and oxygen atoms in total. The molecule has 0 radical (unpaired) electrons. The standard InChI is InChI=1S/C13H26N2O5S/c1-4-21(18,19)15-7-5-6-11(8-15)12(17)14-9-13(2,10-16)20-3/h11,16H,4-10H2,1-3H3,(H,14,17). The summed E-state index contributed by atoms with van der Waals surface area (Å²) in [6.07, 6.45) is 1.35. The molecule has 0 saturated carbocycles. The summed E-state index contributed by atoms with van der Waals surface area (Å²) in [5.41, 5.74) is -0.820. The van der Waals surface area contributed by atoms with Crippen molar-refractivity contribution < 1.29 is 23.1 Å². The van der Waals surface area contributed by atoms with Gasteiger partial charge in [-0.1, -0.05) is 0 Å². The van der Waals surface area contributed by atoms with E-state index >= 15 is 0 Å². The molecule has 1 fully saturated rings. The number of sulfonamides is 1. The summed E-state index contributed by atoms with van der Waals surface area (Å²) in [4.78, 5) is 12.2. The molecule has 1 rings (SSSR count). The van der Waals surface area contributed by atoms with Crippen molar-refractivity contribution in [2.24, 2.45) is 5.92 Å². The zero-order chi connectivity index (χ0) is 16.1. The van der Waals surface area contributed by atoms with Gasteiger partial charge in [-0.25, -0.2) is 12.7 Å². The van der Waals surface area contributed by atoms with Gasteiger partial charge in [-0.2, -0.15) is 0 Å². The Morgan fingerprint density at radius 1 is 1.52 bits per heavy atom. The normalized spacial score (nSPS) is 23.5. The number of nitrogens with one attached hydrogen (secondary N) is 1. The third-order valence-corrected chi connectivity index (χ3v) is 5.82. The maximum atomic E-state index is 12.2. The summed E-state index contributed by atoms with van der Waals surface area (Å²) >= 11 is 0.